The summed E-state index contributed by atoms with van der Waals surface area (Å²) in [5.41, 5.74) is 12.3. The average Bonchev–Trinajstić information content (AvgIpc) is 4.06. The van der Waals surface area contributed by atoms with Crippen molar-refractivity contribution >= 4 is 120 Å². The third-order valence-electron chi connectivity index (χ3n) is 14.0. The highest BCUT2D eigenvalue weighted by molar-refractivity contribution is 6.25. The molecule has 15 aromatic rings. The van der Waals surface area contributed by atoms with Crippen molar-refractivity contribution in [2.75, 3.05) is 0 Å². The van der Waals surface area contributed by atoms with Crippen LogP contribution in [0.2, 0.25) is 0 Å². The van der Waals surface area contributed by atoms with Crippen molar-refractivity contribution < 1.29 is 13.3 Å². The Morgan fingerprint density at radius 3 is 1.00 bits per heavy atom. The van der Waals surface area contributed by atoms with Gasteiger partial charge in [-0.05, 0) is 148 Å². The highest BCUT2D eigenvalue weighted by Crippen LogP contribution is 2.47. The van der Waals surface area contributed by atoms with Gasteiger partial charge in [-0.1, -0.05) is 146 Å². The molecule has 0 atom stereocenters. The van der Waals surface area contributed by atoms with E-state index in [4.69, 9.17) is 13.3 Å². The standard InChI is InChI=1S/C62H34O3/c1-4-12-43-35(9-1)19-28-56-60(43)50-31-38(22-25-53(50)63-56)41-15-7-17-46-48(41)34-49-42(39-23-26-54-51(32-39)61-44-13-5-2-10-36(44)20-29-57(61)64-54)16-8-18-47(49)59(46)40-24-27-55-52(33-40)62-45-14-6-3-11-37(45)21-30-58(62)65-55/h1-34H. The number of rotatable bonds is 3. The van der Waals surface area contributed by atoms with Gasteiger partial charge in [0, 0.05) is 32.3 Å². The minimum atomic E-state index is 0.882. The Bertz CT molecular complexity index is 4330. The number of fused-ring (bicyclic) bond motifs is 17. The molecule has 0 spiro atoms. The molecule has 0 unspecified atom stereocenters. The van der Waals surface area contributed by atoms with Crippen LogP contribution in [0.1, 0.15) is 0 Å². The van der Waals surface area contributed by atoms with Crippen molar-refractivity contribution in [3.05, 3.63) is 206 Å². The summed E-state index contributed by atoms with van der Waals surface area (Å²) in [5.74, 6) is 0. The molecule has 3 nitrogen and oxygen atoms in total. The van der Waals surface area contributed by atoms with Gasteiger partial charge in [-0.15, -0.1) is 0 Å². The van der Waals surface area contributed by atoms with E-state index in [0.29, 0.717) is 0 Å². The summed E-state index contributed by atoms with van der Waals surface area (Å²) in [4.78, 5) is 0. The molecule has 0 radical (unpaired) electrons. The number of hydrogen-bond acceptors (Lipinski definition) is 3. The Morgan fingerprint density at radius 1 is 0.215 bits per heavy atom. The minimum absolute atomic E-state index is 0.882. The van der Waals surface area contributed by atoms with Gasteiger partial charge in [0.25, 0.3) is 0 Å². The first-order chi connectivity index (χ1) is 32.2. The summed E-state index contributed by atoms with van der Waals surface area (Å²) in [6.07, 6.45) is 0. The highest BCUT2D eigenvalue weighted by Gasteiger charge is 2.20. The predicted molar refractivity (Wildman–Crippen MR) is 272 cm³/mol. The van der Waals surface area contributed by atoms with Gasteiger partial charge < -0.3 is 13.3 Å². The van der Waals surface area contributed by atoms with Crippen LogP contribution >= 0.6 is 0 Å². The van der Waals surface area contributed by atoms with Gasteiger partial charge in [0.05, 0.1) is 0 Å². The molecule has 0 bridgehead atoms. The molecular formula is C62H34O3. The summed E-state index contributed by atoms with van der Waals surface area (Å²) in [6, 6.07) is 74.6. The summed E-state index contributed by atoms with van der Waals surface area (Å²) in [6.45, 7) is 0. The van der Waals surface area contributed by atoms with Crippen LogP contribution in [0.4, 0.5) is 0 Å². The Labute approximate surface area is 370 Å². The number of furan rings is 3. The average molecular weight is 827 g/mol. The van der Waals surface area contributed by atoms with Crippen molar-refractivity contribution in [2.45, 2.75) is 0 Å². The van der Waals surface area contributed by atoms with E-state index in [-0.39, 0.29) is 0 Å². The van der Waals surface area contributed by atoms with E-state index in [1.165, 1.54) is 70.6 Å². The second-order valence-corrected chi connectivity index (χ2v) is 17.5. The lowest BCUT2D eigenvalue weighted by atomic mass is 9.85. The van der Waals surface area contributed by atoms with Gasteiger partial charge in [0.1, 0.15) is 33.5 Å². The van der Waals surface area contributed by atoms with Crippen LogP contribution in [-0.2, 0) is 0 Å². The molecule has 0 aliphatic carbocycles. The molecule has 0 aliphatic heterocycles. The lowest BCUT2D eigenvalue weighted by Gasteiger charge is -2.17. The zero-order chi connectivity index (χ0) is 42.3. The lowest BCUT2D eigenvalue weighted by Crippen LogP contribution is -1.91. The fraction of sp³-hybridized carbons (Fsp3) is 0. The molecule has 65 heavy (non-hydrogen) atoms. The number of benzene rings is 12. The Balaban J connectivity index is 1.04. The SMILES string of the molecule is c1ccc2c(c1)ccc1oc3ccc(-c4cccc5c(-c6ccc7oc8ccc9ccccc9c8c7c6)c6cccc(-c7ccc8oc9ccc%10ccccc%10c9c8c7)c6cc45)cc3c12. The van der Waals surface area contributed by atoms with E-state index in [0.717, 1.165) is 82.5 Å². The molecule has 12 aromatic carbocycles. The largest absolute Gasteiger partial charge is 0.456 e. The zero-order valence-corrected chi connectivity index (χ0v) is 34.9. The maximum absolute atomic E-state index is 6.54. The van der Waals surface area contributed by atoms with Crippen molar-refractivity contribution in [3.63, 3.8) is 0 Å². The van der Waals surface area contributed by atoms with Gasteiger partial charge in [-0.25, -0.2) is 0 Å². The maximum atomic E-state index is 6.54. The summed E-state index contributed by atoms with van der Waals surface area (Å²) in [5, 5.41) is 18.7. The molecule has 3 heterocycles. The lowest BCUT2D eigenvalue weighted by molar-refractivity contribution is 0.669. The number of hydrogen-bond donors (Lipinski definition) is 0. The summed E-state index contributed by atoms with van der Waals surface area (Å²) < 4.78 is 19.5. The summed E-state index contributed by atoms with van der Waals surface area (Å²) >= 11 is 0. The molecular weight excluding hydrogens is 793 g/mol. The molecule has 3 heteroatoms. The second kappa shape index (κ2) is 12.9. The van der Waals surface area contributed by atoms with Gasteiger partial charge in [0.2, 0.25) is 0 Å². The Hall–Kier alpha value is -8.66. The van der Waals surface area contributed by atoms with E-state index in [1.807, 2.05) is 0 Å². The van der Waals surface area contributed by atoms with E-state index in [1.54, 1.807) is 0 Å². The first-order valence-corrected chi connectivity index (χ1v) is 22.2. The van der Waals surface area contributed by atoms with Crippen molar-refractivity contribution in [2.24, 2.45) is 0 Å². The van der Waals surface area contributed by atoms with Gasteiger partial charge in [-0.2, -0.15) is 0 Å². The van der Waals surface area contributed by atoms with Crippen LogP contribution in [0.5, 0.6) is 0 Å². The third kappa shape index (κ3) is 4.95. The van der Waals surface area contributed by atoms with Crippen LogP contribution in [0.3, 0.4) is 0 Å². The highest BCUT2D eigenvalue weighted by atomic mass is 16.3. The quantitative estimate of drug-likeness (QED) is 0.167. The molecule has 0 fully saturated rings. The van der Waals surface area contributed by atoms with Gasteiger partial charge in [-0.3, -0.25) is 0 Å². The van der Waals surface area contributed by atoms with E-state index in [2.05, 4.69) is 206 Å². The van der Waals surface area contributed by atoms with Crippen molar-refractivity contribution in [3.8, 4) is 33.4 Å². The molecule has 0 amide bonds. The second-order valence-electron chi connectivity index (χ2n) is 17.5. The monoisotopic (exact) mass is 826 g/mol. The smallest absolute Gasteiger partial charge is 0.136 e. The van der Waals surface area contributed by atoms with Crippen LogP contribution < -0.4 is 0 Å². The molecule has 0 N–H and O–H groups in total. The molecule has 0 aliphatic rings. The Morgan fingerprint density at radius 2 is 0.569 bits per heavy atom. The molecule has 15 rings (SSSR count). The third-order valence-corrected chi connectivity index (χ3v) is 14.0. The predicted octanol–water partition coefficient (Wildman–Crippen LogP) is 18.2. The Kier molecular flexibility index (Phi) is 6.95. The van der Waals surface area contributed by atoms with E-state index >= 15 is 0 Å². The van der Waals surface area contributed by atoms with E-state index in [9.17, 15) is 0 Å². The minimum Gasteiger partial charge on any atom is -0.456 e. The van der Waals surface area contributed by atoms with Gasteiger partial charge in [0.15, 0.2) is 0 Å². The molecule has 0 saturated heterocycles. The van der Waals surface area contributed by atoms with Crippen LogP contribution in [0, 0.1) is 0 Å². The topological polar surface area (TPSA) is 39.4 Å². The van der Waals surface area contributed by atoms with Crippen LogP contribution in [-0.4, -0.2) is 0 Å². The first-order valence-electron chi connectivity index (χ1n) is 22.2. The molecule has 0 saturated carbocycles. The fourth-order valence-corrected chi connectivity index (χ4v) is 11.1. The van der Waals surface area contributed by atoms with Gasteiger partial charge >= 0.3 is 0 Å². The maximum Gasteiger partial charge on any atom is 0.136 e. The fourth-order valence-electron chi connectivity index (χ4n) is 11.1. The van der Waals surface area contributed by atoms with Crippen molar-refractivity contribution in [1.82, 2.24) is 0 Å². The van der Waals surface area contributed by atoms with Crippen LogP contribution in [0.15, 0.2) is 220 Å². The molecule has 3 aromatic heterocycles. The normalized spacial score (nSPS) is 12.3. The van der Waals surface area contributed by atoms with Crippen molar-refractivity contribution in [1.29, 1.82) is 0 Å². The molecule has 300 valence electrons. The van der Waals surface area contributed by atoms with Crippen LogP contribution in [0.25, 0.3) is 153 Å². The first kappa shape index (κ1) is 34.9. The summed E-state index contributed by atoms with van der Waals surface area (Å²) in [7, 11) is 0. The van der Waals surface area contributed by atoms with E-state index < -0.39 is 0 Å². The zero-order valence-electron chi connectivity index (χ0n) is 34.9.